The van der Waals surface area contributed by atoms with Crippen LogP contribution in [-0.2, 0) is 6.54 Å². The molecule has 3 aromatic rings. The number of nitrogens with two attached hydrogens (primary N) is 1. The Morgan fingerprint density at radius 3 is 2.00 bits per heavy atom. The van der Waals surface area contributed by atoms with E-state index in [0.29, 0.717) is 60.9 Å². The van der Waals surface area contributed by atoms with Crippen LogP contribution >= 0.6 is 0 Å². The molecule has 2 N–H and O–H groups in total. The number of hydrogen-bond acceptors (Lipinski definition) is 7. The molecule has 0 bridgehead atoms. The summed E-state index contributed by atoms with van der Waals surface area (Å²) in [6.07, 6.45) is 0. The van der Waals surface area contributed by atoms with Crippen molar-refractivity contribution in [3.8, 4) is 40.1 Å². The van der Waals surface area contributed by atoms with Gasteiger partial charge in [-0.2, -0.15) is 4.98 Å². The van der Waals surface area contributed by atoms with Crippen LogP contribution in [0, 0.1) is 0 Å². The first-order chi connectivity index (χ1) is 13.7. The van der Waals surface area contributed by atoms with Crippen molar-refractivity contribution < 1.29 is 18.7 Å². The molecule has 7 heteroatoms. The number of hydrogen-bond donors (Lipinski definition) is 1. The molecule has 0 aliphatic rings. The van der Waals surface area contributed by atoms with Crippen molar-refractivity contribution in [2.75, 3.05) is 19.8 Å². The number of benzene rings is 2. The van der Waals surface area contributed by atoms with Gasteiger partial charge in [-0.3, -0.25) is 0 Å². The second-order valence-electron chi connectivity index (χ2n) is 5.92. The highest BCUT2D eigenvalue weighted by atomic mass is 16.5. The van der Waals surface area contributed by atoms with Crippen molar-refractivity contribution in [1.29, 1.82) is 0 Å². The van der Waals surface area contributed by atoms with Gasteiger partial charge in [-0.25, -0.2) is 0 Å². The van der Waals surface area contributed by atoms with Gasteiger partial charge in [-0.15, -0.1) is 0 Å². The molecule has 3 rings (SSSR count). The van der Waals surface area contributed by atoms with E-state index in [4.69, 9.17) is 24.5 Å². The molecular weight excluding hydrogens is 358 g/mol. The summed E-state index contributed by atoms with van der Waals surface area (Å²) in [5.74, 6) is 2.62. The zero-order valence-corrected chi connectivity index (χ0v) is 16.4. The summed E-state index contributed by atoms with van der Waals surface area (Å²) in [5.41, 5.74) is 8.25. The lowest BCUT2D eigenvalue weighted by Gasteiger charge is -2.16. The third kappa shape index (κ3) is 4.26. The average molecular weight is 383 g/mol. The van der Waals surface area contributed by atoms with Gasteiger partial charge in [0.25, 0.3) is 5.89 Å². The smallest absolute Gasteiger partial charge is 0.258 e. The van der Waals surface area contributed by atoms with Gasteiger partial charge < -0.3 is 24.5 Å². The Balaban J connectivity index is 1.99. The first kappa shape index (κ1) is 19.7. The zero-order chi connectivity index (χ0) is 19.9. The van der Waals surface area contributed by atoms with Crippen molar-refractivity contribution in [2.45, 2.75) is 27.3 Å². The van der Waals surface area contributed by atoms with Gasteiger partial charge in [0.2, 0.25) is 11.6 Å². The van der Waals surface area contributed by atoms with Gasteiger partial charge in [0, 0.05) is 17.7 Å². The molecular formula is C21H25N3O4. The summed E-state index contributed by atoms with van der Waals surface area (Å²) in [6, 6.07) is 11.4. The SMILES string of the molecule is CCOc1cc(-c2nc(-c3ccc(CN)cc3)no2)cc(OCC)c1OCC. The van der Waals surface area contributed by atoms with Crippen molar-refractivity contribution >= 4 is 0 Å². The molecule has 0 aliphatic heterocycles. The van der Waals surface area contributed by atoms with Crippen LogP contribution in [0.25, 0.3) is 22.8 Å². The van der Waals surface area contributed by atoms with Gasteiger partial charge in [0.1, 0.15) is 0 Å². The fourth-order valence-electron chi connectivity index (χ4n) is 2.76. The predicted molar refractivity (Wildman–Crippen MR) is 107 cm³/mol. The second-order valence-corrected chi connectivity index (χ2v) is 5.92. The molecule has 0 radical (unpaired) electrons. The van der Waals surface area contributed by atoms with Crippen LogP contribution in [0.15, 0.2) is 40.9 Å². The lowest BCUT2D eigenvalue weighted by atomic mass is 10.1. The number of ether oxygens (including phenoxy) is 3. The number of rotatable bonds is 9. The minimum atomic E-state index is 0.378. The lowest BCUT2D eigenvalue weighted by molar-refractivity contribution is 0.261. The summed E-state index contributed by atoms with van der Waals surface area (Å²) >= 11 is 0. The normalized spacial score (nSPS) is 10.7. The fraction of sp³-hybridized carbons (Fsp3) is 0.333. The maximum atomic E-state index is 5.75. The van der Waals surface area contributed by atoms with E-state index in [9.17, 15) is 0 Å². The molecule has 0 aliphatic carbocycles. The Labute approximate surface area is 164 Å². The van der Waals surface area contributed by atoms with Crippen LogP contribution in [0.2, 0.25) is 0 Å². The van der Waals surface area contributed by atoms with Crippen LogP contribution in [0.5, 0.6) is 17.2 Å². The molecule has 0 saturated heterocycles. The van der Waals surface area contributed by atoms with E-state index in [0.717, 1.165) is 11.1 Å². The van der Waals surface area contributed by atoms with Crippen molar-refractivity contribution in [3.63, 3.8) is 0 Å². The molecule has 7 nitrogen and oxygen atoms in total. The van der Waals surface area contributed by atoms with Gasteiger partial charge >= 0.3 is 0 Å². The number of aromatic nitrogens is 2. The van der Waals surface area contributed by atoms with E-state index in [-0.39, 0.29) is 0 Å². The van der Waals surface area contributed by atoms with Crippen molar-refractivity contribution in [1.82, 2.24) is 10.1 Å². The summed E-state index contributed by atoms with van der Waals surface area (Å²) < 4.78 is 22.7. The predicted octanol–water partition coefficient (Wildman–Crippen LogP) is 4.06. The van der Waals surface area contributed by atoms with Gasteiger partial charge in [-0.05, 0) is 38.5 Å². The summed E-state index contributed by atoms with van der Waals surface area (Å²) in [4.78, 5) is 4.52. The third-order valence-electron chi connectivity index (χ3n) is 4.03. The standard InChI is InChI=1S/C21H25N3O4/c1-4-25-17-11-16(12-18(26-5-2)19(17)27-6-3)21-23-20(24-28-21)15-9-7-14(13-22)8-10-15/h7-12H,4-6,13,22H2,1-3H3. The van der Waals surface area contributed by atoms with Crippen LogP contribution in [0.1, 0.15) is 26.3 Å². The Hall–Kier alpha value is -3.06. The van der Waals surface area contributed by atoms with Gasteiger partial charge in [0.05, 0.1) is 19.8 Å². The first-order valence-corrected chi connectivity index (χ1v) is 9.40. The summed E-state index contributed by atoms with van der Waals surface area (Å²) in [6.45, 7) is 7.74. The molecule has 1 heterocycles. The van der Waals surface area contributed by atoms with Crippen LogP contribution < -0.4 is 19.9 Å². The Morgan fingerprint density at radius 2 is 1.46 bits per heavy atom. The Kier molecular flexibility index (Phi) is 6.49. The largest absolute Gasteiger partial charge is 0.490 e. The van der Waals surface area contributed by atoms with E-state index in [2.05, 4.69) is 10.1 Å². The minimum absolute atomic E-state index is 0.378. The maximum Gasteiger partial charge on any atom is 0.258 e. The molecule has 148 valence electrons. The lowest BCUT2D eigenvalue weighted by Crippen LogP contribution is -2.03. The Bertz CT molecular complexity index is 879. The van der Waals surface area contributed by atoms with Crippen LogP contribution in [-0.4, -0.2) is 30.0 Å². The molecule has 0 spiro atoms. The van der Waals surface area contributed by atoms with Crippen LogP contribution in [0.4, 0.5) is 0 Å². The fourth-order valence-corrected chi connectivity index (χ4v) is 2.76. The first-order valence-electron chi connectivity index (χ1n) is 9.40. The molecule has 0 fully saturated rings. The molecule has 1 aromatic heterocycles. The topological polar surface area (TPSA) is 92.6 Å². The molecule has 0 unspecified atom stereocenters. The van der Waals surface area contributed by atoms with E-state index in [1.54, 1.807) is 0 Å². The molecule has 28 heavy (non-hydrogen) atoms. The molecule has 0 amide bonds. The molecule has 0 atom stereocenters. The monoisotopic (exact) mass is 383 g/mol. The van der Waals surface area contributed by atoms with Crippen molar-refractivity contribution in [3.05, 3.63) is 42.0 Å². The van der Waals surface area contributed by atoms with Gasteiger partial charge in [0.15, 0.2) is 11.5 Å². The van der Waals surface area contributed by atoms with E-state index in [1.165, 1.54) is 0 Å². The van der Waals surface area contributed by atoms with E-state index in [1.807, 2.05) is 57.2 Å². The average Bonchev–Trinajstić information content (AvgIpc) is 3.21. The summed E-state index contributed by atoms with van der Waals surface area (Å²) in [5, 5.41) is 4.10. The quantitative estimate of drug-likeness (QED) is 0.595. The number of nitrogens with zero attached hydrogens (tertiary/aromatic N) is 2. The molecule has 2 aromatic carbocycles. The highest BCUT2D eigenvalue weighted by Gasteiger charge is 2.19. The molecule has 0 saturated carbocycles. The van der Waals surface area contributed by atoms with Gasteiger partial charge in [-0.1, -0.05) is 29.4 Å². The van der Waals surface area contributed by atoms with E-state index < -0.39 is 0 Å². The summed E-state index contributed by atoms with van der Waals surface area (Å²) in [7, 11) is 0. The maximum absolute atomic E-state index is 5.75. The Morgan fingerprint density at radius 1 is 0.857 bits per heavy atom. The van der Waals surface area contributed by atoms with Crippen LogP contribution in [0.3, 0.4) is 0 Å². The zero-order valence-electron chi connectivity index (χ0n) is 16.4. The highest BCUT2D eigenvalue weighted by Crippen LogP contribution is 2.41. The highest BCUT2D eigenvalue weighted by molar-refractivity contribution is 5.67. The second kappa shape index (κ2) is 9.23. The minimum Gasteiger partial charge on any atom is -0.490 e. The van der Waals surface area contributed by atoms with E-state index >= 15 is 0 Å². The van der Waals surface area contributed by atoms with Crippen molar-refractivity contribution in [2.24, 2.45) is 5.73 Å². The third-order valence-corrected chi connectivity index (χ3v) is 4.03.